The monoisotopic (exact) mass is 264 g/mol. The Hall–Kier alpha value is -1.06. The summed E-state index contributed by atoms with van der Waals surface area (Å²) < 4.78 is 15.8. The van der Waals surface area contributed by atoms with E-state index < -0.39 is 0 Å². The first-order valence-electron chi connectivity index (χ1n) is 7.23. The van der Waals surface area contributed by atoms with E-state index in [-0.39, 0.29) is 0 Å². The molecule has 1 aliphatic heterocycles. The van der Waals surface area contributed by atoms with E-state index in [1.807, 2.05) is 6.07 Å². The second-order valence-corrected chi connectivity index (χ2v) is 4.98. The Kier molecular flexibility index (Phi) is 5.67. The van der Waals surface area contributed by atoms with E-state index >= 15 is 0 Å². The number of hydrogen-bond acceptors (Lipinski definition) is 3. The van der Waals surface area contributed by atoms with Gasteiger partial charge >= 0.3 is 0 Å². The summed E-state index contributed by atoms with van der Waals surface area (Å²) in [4.78, 5) is 0. The van der Waals surface area contributed by atoms with E-state index in [0.717, 1.165) is 25.6 Å². The molecule has 3 aliphatic rings. The van der Waals surface area contributed by atoms with Crippen LogP contribution >= 0.6 is 0 Å². The normalized spacial score (nSPS) is 19.4. The SMILES string of the molecule is CCCCCC1COCCO1.COc1cc2ccc1=2. The molecule has 0 saturated carbocycles. The zero-order chi connectivity index (χ0) is 13.5. The molecule has 1 saturated heterocycles. The number of benzene rings is 1. The van der Waals surface area contributed by atoms with Crippen LogP contribution in [0.25, 0.3) is 0 Å². The molecule has 0 aromatic heterocycles. The van der Waals surface area contributed by atoms with Gasteiger partial charge in [0, 0.05) is 5.22 Å². The average molecular weight is 264 g/mol. The lowest BCUT2D eigenvalue weighted by Crippen LogP contribution is -2.28. The second kappa shape index (κ2) is 7.51. The maximum atomic E-state index is 5.50. The van der Waals surface area contributed by atoms with Gasteiger partial charge in [-0.2, -0.15) is 0 Å². The molecule has 1 heterocycles. The lowest BCUT2D eigenvalue weighted by atomic mass is 10.1. The molecule has 0 aromatic rings. The second-order valence-electron chi connectivity index (χ2n) is 4.98. The van der Waals surface area contributed by atoms with E-state index in [1.165, 1.54) is 36.1 Å². The first-order valence-corrected chi connectivity index (χ1v) is 7.23. The Balaban J connectivity index is 0.000000146. The summed E-state index contributed by atoms with van der Waals surface area (Å²) in [5.41, 5.74) is 0. The summed E-state index contributed by atoms with van der Waals surface area (Å²) in [6.45, 7) is 4.60. The molecule has 3 nitrogen and oxygen atoms in total. The van der Waals surface area contributed by atoms with Crippen molar-refractivity contribution in [2.45, 2.75) is 38.7 Å². The zero-order valence-corrected chi connectivity index (χ0v) is 12.0. The summed E-state index contributed by atoms with van der Waals surface area (Å²) in [5.74, 6) is 1.03. The molecule has 0 bridgehead atoms. The summed E-state index contributed by atoms with van der Waals surface area (Å²) in [6, 6.07) is 6.18. The Bertz CT molecular complexity index is 463. The number of unbranched alkanes of at least 4 members (excludes halogenated alkanes) is 2. The molecule has 0 amide bonds. The minimum absolute atomic E-state index is 0.385. The first kappa shape index (κ1) is 14.4. The summed E-state index contributed by atoms with van der Waals surface area (Å²) in [6.07, 6.45) is 5.45. The number of methoxy groups -OCH3 is 1. The summed E-state index contributed by atoms with van der Waals surface area (Å²) >= 11 is 0. The van der Waals surface area contributed by atoms with Crippen LogP contribution in [0.1, 0.15) is 32.6 Å². The van der Waals surface area contributed by atoms with Crippen molar-refractivity contribution in [3.8, 4) is 5.75 Å². The van der Waals surface area contributed by atoms with Crippen LogP contribution in [0.5, 0.6) is 5.75 Å². The molecule has 3 rings (SSSR count). The molecule has 2 aliphatic carbocycles. The Labute approximate surface area is 115 Å². The average Bonchev–Trinajstić information content (AvgIpc) is 2.44. The molecular formula is C16H24O3. The molecule has 0 N–H and O–H groups in total. The van der Waals surface area contributed by atoms with Crippen molar-refractivity contribution >= 4 is 0 Å². The van der Waals surface area contributed by atoms with E-state index in [0.29, 0.717) is 6.10 Å². The molecule has 0 aromatic carbocycles. The molecule has 106 valence electrons. The quantitative estimate of drug-likeness (QED) is 0.776. The van der Waals surface area contributed by atoms with Crippen LogP contribution in [0.3, 0.4) is 0 Å². The van der Waals surface area contributed by atoms with Crippen molar-refractivity contribution in [1.82, 2.24) is 0 Å². The van der Waals surface area contributed by atoms with E-state index in [9.17, 15) is 0 Å². The maximum absolute atomic E-state index is 5.50. The third-order valence-electron chi connectivity index (χ3n) is 3.53. The van der Waals surface area contributed by atoms with Gasteiger partial charge in [-0.1, -0.05) is 38.3 Å². The topological polar surface area (TPSA) is 27.7 Å². The molecule has 3 heteroatoms. The number of rotatable bonds is 5. The van der Waals surface area contributed by atoms with Gasteiger partial charge in [0.15, 0.2) is 0 Å². The maximum Gasteiger partial charge on any atom is 0.127 e. The molecular weight excluding hydrogens is 240 g/mol. The van der Waals surface area contributed by atoms with Gasteiger partial charge in [-0.25, -0.2) is 0 Å². The van der Waals surface area contributed by atoms with Crippen LogP contribution in [0.4, 0.5) is 0 Å². The van der Waals surface area contributed by atoms with E-state index in [1.54, 1.807) is 7.11 Å². The molecule has 1 fully saturated rings. The van der Waals surface area contributed by atoms with Crippen LogP contribution in [-0.4, -0.2) is 33.0 Å². The minimum Gasteiger partial charge on any atom is -0.496 e. The summed E-state index contributed by atoms with van der Waals surface area (Å²) in [5, 5.41) is 2.62. The Morgan fingerprint density at radius 3 is 2.58 bits per heavy atom. The highest BCUT2D eigenvalue weighted by atomic mass is 16.6. The predicted octanol–water partition coefficient (Wildman–Crippen LogP) is 3.28. The van der Waals surface area contributed by atoms with Crippen molar-refractivity contribution in [1.29, 1.82) is 0 Å². The van der Waals surface area contributed by atoms with Gasteiger partial charge in [0.05, 0.1) is 33.0 Å². The third-order valence-corrected chi connectivity index (χ3v) is 3.53. The van der Waals surface area contributed by atoms with Gasteiger partial charge < -0.3 is 14.2 Å². The van der Waals surface area contributed by atoms with Gasteiger partial charge in [0.2, 0.25) is 0 Å². The van der Waals surface area contributed by atoms with Crippen molar-refractivity contribution in [3.63, 3.8) is 0 Å². The zero-order valence-electron chi connectivity index (χ0n) is 12.0. The van der Waals surface area contributed by atoms with Crippen LogP contribution in [-0.2, 0) is 9.47 Å². The molecule has 19 heavy (non-hydrogen) atoms. The van der Waals surface area contributed by atoms with Crippen molar-refractivity contribution in [2.24, 2.45) is 0 Å². The fourth-order valence-corrected chi connectivity index (χ4v) is 2.25. The van der Waals surface area contributed by atoms with Crippen LogP contribution in [0.15, 0.2) is 18.2 Å². The molecule has 0 radical (unpaired) electrons. The summed E-state index contributed by atoms with van der Waals surface area (Å²) in [7, 11) is 1.70. The fourth-order valence-electron chi connectivity index (χ4n) is 2.25. The number of hydrogen-bond donors (Lipinski definition) is 0. The smallest absolute Gasteiger partial charge is 0.127 e. The van der Waals surface area contributed by atoms with Gasteiger partial charge in [0.25, 0.3) is 0 Å². The lowest BCUT2D eigenvalue weighted by molar-refractivity contribution is -0.0912. The molecule has 0 spiro atoms. The highest BCUT2D eigenvalue weighted by Gasteiger charge is 2.12. The van der Waals surface area contributed by atoms with Crippen molar-refractivity contribution < 1.29 is 14.2 Å². The Morgan fingerprint density at radius 1 is 1.26 bits per heavy atom. The lowest BCUT2D eigenvalue weighted by Gasteiger charge is -2.22. The van der Waals surface area contributed by atoms with Gasteiger partial charge in [0.1, 0.15) is 5.75 Å². The van der Waals surface area contributed by atoms with E-state index in [4.69, 9.17) is 14.2 Å². The van der Waals surface area contributed by atoms with Crippen LogP contribution in [0, 0.1) is 10.4 Å². The highest BCUT2D eigenvalue weighted by molar-refractivity contribution is 5.38. The highest BCUT2D eigenvalue weighted by Crippen LogP contribution is 2.22. The minimum atomic E-state index is 0.385. The Morgan fingerprint density at radius 2 is 2.16 bits per heavy atom. The van der Waals surface area contributed by atoms with E-state index in [2.05, 4.69) is 19.1 Å². The first-order chi connectivity index (χ1) is 9.35. The van der Waals surface area contributed by atoms with Crippen molar-refractivity contribution in [2.75, 3.05) is 26.9 Å². The van der Waals surface area contributed by atoms with Crippen molar-refractivity contribution in [3.05, 3.63) is 28.6 Å². The predicted molar refractivity (Wildman–Crippen MR) is 75.4 cm³/mol. The van der Waals surface area contributed by atoms with Gasteiger partial charge in [-0.05, 0) is 17.7 Å². The fraction of sp³-hybridized carbons (Fsp3) is 0.625. The standard InChI is InChI=1S/C9H18O2.C7H6O/c1-2-3-4-5-9-8-10-6-7-11-9;1-8-7-4-5-2-3-6(5)7/h9H,2-8H2,1H3;2-4H,1H3. The largest absolute Gasteiger partial charge is 0.496 e. The van der Waals surface area contributed by atoms with Crippen LogP contribution in [0.2, 0.25) is 0 Å². The van der Waals surface area contributed by atoms with Gasteiger partial charge in [-0.3, -0.25) is 0 Å². The third kappa shape index (κ3) is 3.95. The number of ether oxygens (including phenoxy) is 3. The molecule has 1 atom stereocenters. The van der Waals surface area contributed by atoms with Crippen LogP contribution < -0.4 is 4.74 Å². The van der Waals surface area contributed by atoms with Gasteiger partial charge in [-0.15, -0.1) is 0 Å². The molecule has 1 unspecified atom stereocenters.